The van der Waals surface area contributed by atoms with E-state index in [1.807, 2.05) is 0 Å². The molecule has 1 unspecified atom stereocenters. The number of rotatable bonds is 6. The van der Waals surface area contributed by atoms with E-state index in [9.17, 15) is 0 Å². The number of hydrogen-bond donors (Lipinski definition) is 1. The highest BCUT2D eigenvalue weighted by molar-refractivity contribution is 4.93. The van der Waals surface area contributed by atoms with Gasteiger partial charge in [-0.15, -0.1) is 0 Å². The van der Waals surface area contributed by atoms with Crippen molar-refractivity contribution >= 4 is 0 Å². The third kappa shape index (κ3) is 3.29. The molecule has 0 aromatic carbocycles. The highest BCUT2D eigenvalue weighted by atomic mass is 14.9. The molecule has 0 aromatic rings. The molecule has 0 bridgehead atoms. The summed E-state index contributed by atoms with van der Waals surface area (Å²) in [6.45, 7) is 2.41. The number of nitrogens with one attached hydrogen (secondary N) is 1. The van der Waals surface area contributed by atoms with Gasteiger partial charge in [0.05, 0.1) is 0 Å². The van der Waals surface area contributed by atoms with Gasteiger partial charge in [-0.25, -0.2) is 0 Å². The summed E-state index contributed by atoms with van der Waals surface area (Å²) >= 11 is 0. The van der Waals surface area contributed by atoms with Gasteiger partial charge in [0.2, 0.25) is 0 Å². The Kier molecular flexibility index (Phi) is 5.54. The Morgan fingerprint density at radius 1 is 1.06 bits per heavy atom. The van der Waals surface area contributed by atoms with Crippen molar-refractivity contribution < 1.29 is 0 Å². The summed E-state index contributed by atoms with van der Waals surface area (Å²) < 4.78 is 0. The maximum atomic E-state index is 3.68. The van der Waals surface area contributed by atoms with Crippen LogP contribution in [-0.4, -0.2) is 13.1 Å². The fourth-order valence-corrected chi connectivity index (χ4v) is 4.66. The molecule has 0 saturated heterocycles. The fraction of sp³-hybridized carbons (Fsp3) is 1.00. The molecule has 1 heteroatoms. The molecular weight excluding hydrogens is 218 g/mol. The van der Waals surface area contributed by atoms with Gasteiger partial charge in [0.25, 0.3) is 0 Å². The van der Waals surface area contributed by atoms with Crippen molar-refractivity contribution in [3.05, 3.63) is 0 Å². The normalized spacial score (nSPS) is 26.3. The predicted octanol–water partition coefficient (Wildman–Crippen LogP) is 4.91. The summed E-state index contributed by atoms with van der Waals surface area (Å²) in [5.41, 5.74) is 0.642. The van der Waals surface area contributed by atoms with Crippen LogP contribution in [0.4, 0.5) is 0 Å². The Bertz CT molecular complexity index is 224. The first kappa shape index (κ1) is 14.4. The molecule has 0 aliphatic heterocycles. The van der Waals surface area contributed by atoms with E-state index in [1.165, 1.54) is 77.0 Å². The molecule has 0 heterocycles. The Morgan fingerprint density at radius 3 is 2.28 bits per heavy atom. The third-order valence-corrected chi connectivity index (χ3v) is 5.98. The summed E-state index contributed by atoms with van der Waals surface area (Å²) in [4.78, 5) is 0. The number of hydrogen-bond acceptors (Lipinski definition) is 1. The Labute approximate surface area is 114 Å². The van der Waals surface area contributed by atoms with Crippen LogP contribution in [0.25, 0.3) is 0 Å². The van der Waals surface area contributed by atoms with Gasteiger partial charge >= 0.3 is 0 Å². The van der Waals surface area contributed by atoms with Crippen molar-refractivity contribution in [2.75, 3.05) is 7.05 Å². The fourth-order valence-electron chi connectivity index (χ4n) is 4.66. The average molecular weight is 251 g/mol. The summed E-state index contributed by atoms with van der Waals surface area (Å²) in [7, 11) is 2.20. The van der Waals surface area contributed by atoms with Crippen molar-refractivity contribution in [3.8, 4) is 0 Å². The van der Waals surface area contributed by atoms with Gasteiger partial charge in [-0.05, 0) is 50.5 Å². The van der Waals surface area contributed by atoms with E-state index >= 15 is 0 Å². The molecule has 106 valence electrons. The topological polar surface area (TPSA) is 12.0 Å². The van der Waals surface area contributed by atoms with Crippen LogP contribution >= 0.6 is 0 Å². The molecule has 2 aliphatic rings. The summed E-state index contributed by atoms with van der Waals surface area (Å²) in [6, 6.07) is 0.784. The lowest BCUT2D eigenvalue weighted by Gasteiger charge is -2.38. The molecule has 18 heavy (non-hydrogen) atoms. The highest BCUT2D eigenvalue weighted by Crippen LogP contribution is 2.45. The molecule has 1 nitrogen and oxygen atoms in total. The second-order valence-corrected chi connectivity index (χ2v) is 6.85. The van der Waals surface area contributed by atoms with E-state index < -0.39 is 0 Å². The van der Waals surface area contributed by atoms with Crippen LogP contribution in [-0.2, 0) is 0 Å². The molecule has 1 N–H and O–H groups in total. The van der Waals surface area contributed by atoms with Gasteiger partial charge < -0.3 is 5.32 Å². The van der Waals surface area contributed by atoms with Crippen LogP contribution in [0.15, 0.2) is 0 Å². The largest absolute Gasteiger partial charge is 0.316 e. The van der Waals surface area contributed by atoms with E-state index in [2.05, 4.69) is 19.3 Å². The van der Waals surface area contributed by atoms with E-state index in [0.29, 0.717) is 5.41 Å². The van der Waals surface area contributed by atoms with Gasteiger partial charge in [-0.1, -0.05) is 51.9 Å². The van der Waals surface area contributed by atoms with Crippen molar-refractivity contribution in [2.45, 2.75) is 90.0 Å². The first-order valence-electron chi connectivity index (χ1n) is 8.48. The molecule has 0 spiro atoms. The van der Waals surface area contributed by atoms with Crippen LogP contribution in [0, 0.1) is 11.3 Å². The molecule has 2 aliphatic carbocycles. The monoisotopic (exact) mass is 251 g/mol. The third-order valence-electron chi connectivity index (χ3n) is 5.98. The second kappa shape index (κ2) is 6.93. The SMILES string of the molecule is CCC1(C(CCC2CCCCC2)NC)CCCC1. The van der Waals surface area contributed by atoms with Crippen molar-refractivity contribution in [3.63, 3.8) is 0 Å². The van der Waals surface area contributed by atoms with Crippen LogP contribution in [0.3, 0.4) is 0 Å². The highest BCUT2D eigenvalue weighted by Gasteiger charge is 2.38. The van der Waals surface area contributed by atoms with Crippen LogP contribution in [0.2, 0.25) is 0 Å². The smallest absolute Gasteiger partial charge is 0.0120 e. The minimum Gasteiger partial charge on any atom is -0.316 e. The van der Waals surface area contributed by atoms with Crippen molar-refractivity contribution in [2.24, 2.45) is 11.3 Å². The van der Waals surface area contributed by atoms with Gasteiger partial charge in [-0.2, -0.15) is 0 Å². The van der Waals surface area contributed by atoms with Gasteiger partial charge in [0.1, 0.15) is 0 Å². The average Bonchev–Trinajstić information content (AvgIpc) is 2.91. The van der Waals surface area contributed by atoms with E-state index in [0.717, 1.165) is 12.0 Å². The molecule has 0 radical (unpaired) electrons. The Morgan fingerprint density at radius 2 is 1.72 bits per heavy atom. The lowest BCUT2D eigenvalue weighted by atomic mass is 9.73. The zero-order chi connectivity index (χ0) is 12.8. The molecule has 2 fully saturated rings. The first-order valence-corrected chi connectivity index (χ1v) is 8.48. The van der Waals surface area contributed by atoms with Crippen LogP contribution in [0.5, 0.6) is 0 Å². The Balaban J connectivity index is 1.83. The van der Waals surface area contributed by atoms with Crippen LogP contribution < -0.4 is 5.32 Å². The minimum absolute atomic E-state index is 0.642. The maximum absolute atomic E-state index is 3.68. The maximum Gasteiger partial charge on any atom is 0.0120 e. The summed E-state index contributed by atoms with van der Waals surface area (Å²) in [5, 5.41) is 3.68. The first-order chi connectivity index (χ1) is 8.80. The summed E-state index contributed by atoms with van der Waals surface area (Å²) in [6.07, 6.45) is 17.7. The Hall–Kier alpha value is -0.0400. The van der Waals surface area contributed by atoms with E-state index in [1.54, 1.807) is 0 Å². The predicted molar refractivity (Wildman–Crippen MR) is 79.8 cm³/mol. The quantitative estimate of drug-likeness (QED) is 0.707. The van der Waals surface area contributed by atoms with E-state index in [-0.39, 0.29) is 0 Å². The lowest BCUT2D eigenvalue weighted by Crippen LogP contribution is -2.42. The summed E-state index contributed by atoms with van der Waals surface area (Å²) in [5.74, 6) is 1.05. The molecular formula is C17H33N. The zero-order valence-electron chi connectivity index (χ0n) is 12.6. The zero-order valence-corrected chi connectivity index (χ0v) is 12.6. The molecule has 0 amide bonds. The van der Waals surface area contributed by atoms with Crippen molar-refractivity contribution in [1.82, 2.24) is 5.32 Å². The van der Waals surface area contributed by atoms with Gasteiger partial charge in [0.15, 0.2) is 0 Å². The molecule has 2 rings (SSSR count). The second-order valence-electron chi connectivity index (χ2n) is 6.85. The molecule has 2 saturated carbocycles. The van der Waals surface area contributed by atoms with Crippen LogP contribution in [0.1, 0.15) is 84.0 Å². The van der Waals surface area contributed by atoms with Gasteiger partial charge in [-0.3, -0.25) is 0 Å². The molecule has 0 aromatic heterocycles. The van der Waals surface area contributed by atoms with Gasteiger partial charge in [0, 0.05) is 6.04 Å². The minimum atomic E-state index is 0.642. The molecule has 1 atom stereocenters. The lowest BCUT2D eigenvalue weighted by molar-refractivity contribution is 0.171. The van der Waals surface area contributed by atoms with Crippen molar-refractivity contribution in [1.29, 1.82) is 0 Å². The standard InChI is InChI=1S/C17H33N/c1-3-17(13-7-8-14-17)16(18-2)12-11-15-9-5-4-6-10-15/h15-16,18H,3-14H2,1-2H3. The van der Waals surface area contributed by atoms with E-state index in [4.69, 9.17) is 0 Å².